The summed E-state index contributed by atoms with van der Waals surface area (Å²) in [6, 6.07) is 6.57. The van der Waals surface area contributed by atoms with E-state index in [1.54, 1.807) is 24.3 Å². The molecule has 1 unspecified atom stereocenters. The van der Waals surface area contributed by atoms with E-state index in [0.29, 0.717) is 19.5 Å². The lowest BCUT2D eigenvalue weighted by atomic mass is 10.1. The fraction of sp³-hybridized carbons (Fsp3) is 0.588. The summed E-state index contributed by atoms with van der Waals surface area (Å²) in [5.41, 5.74) is 0.885. The highest BCUT2D eigenvalue weighted by atomic mass is 35.5. The van der Waals surface area contributed by atoms with Gasteiger partial charge in [0, 0.05) is 19.5 Å². The molecule has 1 rings (SSSR count). The van der Waals surface area contributed by atoms with Gasteiger partial charge in [-0.25, -0.2) is 8.42 Å². The van der Waals surface area contributed by atoms with Gasteiger partial charge < -0.3 is 10.6 Å². The molecular weight excluding hydrogens is 362 g/mol. The van der Waals surface area contributed by atoms with Crippen molar-refractivity contribution in [1.29, 1.82) is 0 Å². The van der Waals surface area contributed by atoms with Crippen molar-refractivity contribution >= 4 is 28.3 Å². The first kappa shape index (κ1) is 23.9. The highest BCUT2D eigenvalue weighted by Crippen LogP contribution is 2.19. The Morgan fingerprint density at radius 1 is 1.16 bits per heavy atom. The number of hydrogen-bond acceptors (Lipinski definition) is 4. The lowest BCUT2D eigenvalue weighted by Gasteiger charge is -2.19. The van der Waals surface area contributed by atoms with Gasteiger partial charge in [-0.2, -0.15) is 4.31 Å². The van der Waals surface area contributed by atoms with Crippen molar-refractivity contribution in [2.75, 3.05) is 26.7 Å². The van der Waals surface area contributed by atoms with Crippen molar-refractivity contribution < 1.29 is 13.2 Å². The Balaban J connectivity index is 0.00000576. The summed E-state index contributed by atoms with van der Waals surface area (Å²) in [7, 11) is -1.59. The Hall–Kier alpha value is -1.15. The van der Waals surface area contributed by atoms with Crippen molar-refractivity contribution in [3.8, 4) is 0 Å². The summed E-state index contributed by atoms with van der Waals surface area (Å²) in [5, 5.41) is 5.94. The number of carbonyl (C=O) groups is 1. The van der Waals surface area contributed by atoms with E-state index in [0.717, 1.165) is 18.5 Å². The molecule has 0 heterocycles. The van der Waals surface area contributed by atoms with Crippen LogP contribution in [0.15, 0.2) is 29.2 Å². The van der Waals surface area contributed by atoms with Crippen LogP contribution in [0.1, 0.15) is 45.2 Å². The summed E-state index contributed by atoms with van der Waals surface area (Å²) in [4.78, 5) is 12.1. The fourth-order valence-corrected chi connectivity index (χ4v) is 3.92. The maximum Gasteiger partial charge on any atom is 0.243 e. The van der Waals surface area contributed by atoms with E-state index in [1.165, 1.54) is 4.31 Å². The summed E-state index contributed by atoms with van der Waals surface area (Å²) in [5.74, 6) is -0.00223. The molecule has 6 nitrogen and oxygen atoms in total. The summed E-state index contributed by atoms with van der Waals surface area (Å²) in [6.45, 7) is 7.23. The molecule has 1 aromatic carbocycles. The molecule has 0 aromatic heterocycles. The Bertz CT molecular complexity index is 617. The lowest BCUT2D eigenvalue weighted by molar-refractivity contribution is -0.121. The number of halogens is 1. The van der Waals surface area contributed by atoms with E-state index in [9.17, 15) is 13.2 Å². The summed E-state index contributed by atoms with van der Waals surface area (Å²) < 4.78 is 26.3. The molecule has 1 atom stereocenters. The Morgan fingerprint density at radius 3 is 2.20 bits per heavy atom. The van der Waals surface area contributed by atoms with Gasteiger partial charge in [0.1, 0.15) is 0 Å². The van der Waals surface area contributed by atoms with Crippen LogP contribution in [0.3, 0.4) is 0 Å². The third kappa shape index (κ3) is 6.93. The summed E-state index contributed by atoms with van der Waals surface area (Å²) in [6.07, 6.45) is 1.26. The number of nitrogens with one attached hydrogen (secondary N) is 2. The van der Waals surface area contributed by atoms with Crippen LogP contribution in [-0.2, 0) is 14.8 Å². The topological polar surface area (TPSA) is 78.5 Å². The molecule has 0 fully saturated rings. The SMILES string of the molecule is CCN(CC)S(=O)(=O)c1ccc(C(C)NC(=O)CCCNC)cc1.Cl. The zero-order valence-electron chi connectivity index (χ0n) is 15.4. The van der Waals surface area contributed by atoms with Gasteiger partial charge in [-0.1, -0.05) is 26.0 Å². The largest absolute Gasteiger partial charge is 0.350 e. The van der Waals surface area contributed by atoms with Crippen LogP contribution >= 0.6 is 12.4 Å². The van der Waals surface area contributed by atoms with Gasteiger partial charge >= 0.3 is 0 Å². The first-order valence-electron chi connectivity index (χ1n) is 8.40. The van der Waals surface area contributed by atoms with E-state index in [4.69, 9.17) is 0 Å². The van der Waals surface area contributed by atoms with E-state index < -0.39 is 10.0 Å². The second kappa shape index (κ2) is 11.5. The molecule has 2 N–H and O–H groups in total. The minimum Gasteiger partial charge on any atom is -0.350 e. The maximum atomic E-state index is 12.5. The monoisotopic (exact) mass is 391 g/mol. The fourth-order valence-electron chi connectivity index (χ4n) is 2.46. The molecule has 0 radical (unpaired) electrons. The average molecular weight is 392 g/mol. The molecule has 144 valence electrons. The van der Waals surface area contributed by atoms with Gasteiger partial charge in [-0.3, -0.25) is 4.79 Å². The smallest absolute Gasteiger partial charge is 0.243 e. The number of sulfonamides is 1. The quantitative estimate of drug-likeness (QED) is 0.600. The molecule has 0 saturated carbocycles. The standard InChI is InChI=1S/C17H29N3O3S.ClH/c1-5-20(6-2)24(22,23)16-11-9-15(10-12-16)14(3)19-17(21)8-7-13-18-4;/h9-12,14,18H,5-8,13H2,1-4H3,(H,19,21);1H. The molecule has 1 aromatic rings. The molecule has 25 heavy (non-hydrogen) atoms. The average Bonchev–Trinajstić information content (AvgIpc) is 2.56. The second-order valence-electron chi connectivity index (χ2n) is 5.65. The number of benzene rings is 1. The zero-order valence-corrected chi connectivity index (χ0v) is 17.0. The molecule has 0 saturated heterocycles. The van der Waals surface area contributed by atoms with Crippen LogP contribution in [0.4, 0.5) is 0 Å². The van der Waals surface area contributed by atoms with Crippen LogP contribution in [0, 0.1) is 0 Å². The molecule has 0 aliphatic rings. The minimum absolute atomic E-state index is 0. The zero-order chi connectivity index (χ0) is 18.2. The predicted molar refractivity (Wildman–Crippen MR) is 104 cm³/mol. The van der Waals surface area contributed by atoms with Crippen molar-refractivity contribution in [3.63, 3.8) is 0 Å². The Labute approximate surface area is 157 Å². The minimum atomic E-state index is -3.44. The molecular formula is C17H30ClN3O3S. The highest BCUT2D eigenvalue weighted by Gasteiger charge is 2.21. The van der Waals surface area contributed by atoms with Gasteiger partial charge in [-0.05, 0) is 44.6 Å². The Kier molecular flexibility index (Phi) is 10.9. The van der Waals surface area contributed by atoms with E-state index in [-0.39, 0.29) is 29.3 Å². The van der Waals surface area contributed by atoms with Gasteiger partial charge in [0.15, 0.2) is 0 Å². The van der Waals surface area contributed by atoms with Crippen molar-refractivity contribution in [2.24, 2.45) is 0 Å². The van der Waals surface area contributed by atoms with Gasteiger partial charge in [0.2, 0.25) is 15.9 Å². The van der Waals surface area contributed by atoms with Crippen molar-refractivity contribution in [3.05, 3.63) is 29.8 Å². The normalized spacial score (nSPS) is 12.5. The highest BCUT2D eigenvalue weighted by molar-refractivity contribution is 7.89. The third-order valence-corrected chi connectivity index (χ3v) is 6.00. The van der Waals surface area contributed by atoms with E-state index in [2.05, 4.69) is 10.6 Å². The number of hydrogen-bond donors (Lipinski definition) is 2. The second-order valence-corrected chi connectivity index (χ2v) is 7.59. The number of nitrogens with zero attached hydrogens (tertiary/aromatic N) is 1. The van der Waals surface area contributed by atoms with Crippen LogP contribution in [0.2, 0.25) is 0 Å². The predicted octanol–water partition coefficient (Wildman–Crippen LogP) is 2.32. The van der Waals surface area contributed by atoms with E-state index in [1.807, 2.05) is 27.8 Å². The number of amides is 1. The van der Waals surface area contributed by atoms with Crippen molar-refractivity contribution in [2.45, 2.75) is 44.6 Å². The summed E-state index contributed by atoms with van der Waals surface area (Å²) >= 11 is 0. The molecule has 0 aliphatic carbocycles. The van der Waals surface area contributed by atoms with E-state index >= 15 is 0 Å². The molecule has 0 spiro atoms. The molecule has 0 aliphatic heterocycles. The van der Waals surface area contributed by atoms with Crippen LogP contribution in [-0.4, -0.2) is 45.3 Å². The molecule has 8 heteroatoms. The lowest BCUT2D eigenvalue weighted by Crippen LogP contribution is -2.30. The molecule has 0 bridgehead atoms. The molecule has 1 amide bonds. The van der Waals surface area contributed by atoms with Gasteiger partial charge in [0.05, 0.1) is 10.9 Å². The maximum absolute atomic E-state index is 12.5. The van der Waals surface area contributed by atoms with Gasteiger partial charge in [-0.15, -0.1) is 12.4 Å². The number of rotatable bonds is 10. The third-order valence-electron chi connectivity index (χ3n) is 3.93. The van der Waals surface area contributed by atoms with Crippen LogP contribution < -0.4 is 10.6 Å². The first-order chi connectivity index (χ1) is 11.4. The first-order valence-corrected chi connectivity index (χ1v) is 9.84. The van der Waals surface area contributed by atoms with Crippen LogP contribution in [0.5, 0.6) is 0 Å². The van der Waals surface area contributed by atoms with Crippen LogP contribution in [0.25, 0.3) is 0 Å². The number of carbonyl (C=O) groups excluding carboxylic acids is 1. The van der Waals surface area contributed by atoms with Gasteiger partial charge in [0.25, 0.3) is 0 Å². The Morgan fingerprint density at radius 2 is 1.72 bits per heavy atom. The van der Waals surface area contributed by atoms with Crippen molar-refractivity contribution in [1.82, 2.24) is 14.9 Å².